The molecular formula is C21H25ClN2O5S. The van der Waals surface area contributed by atoms with Crippen LogP contribution in [0.1, 0.15) is 18.4 Å². The Bertz CT molecular complexity index is 1020. The molecule has 162 valence electrons. The number of carbonyl (C=O) groups is 1. The SMILES string of the molecule is COc1cc(NC(=O)[C@@H]2CCCN(S(=O)(=O)c3ccc(C)cc3)C2)c(OC)cc1Cl. The van der Waals surface area contributed by atoms with Crippen LogP contribution in [0.25, 0.3) is 0 Å². The van der Waals surface area contributed by atoms with E-state index >= 15 is 0 Å². The fourth-order valence-electron chi connectivity index (χ4n) is 3.43. The zero-order chi connectivity index (χ0) is 21.9. The number of amides is 1. The summed E-state index contributed by atoms with van der Waals surface area (Å²) < 4.78 is 37.9. The number of piperidine rings is 1. The fraction of sp³-hybridized carbons (Fsp3) is 0.381. The molecule has 0 aliphatic carbocycles. The Labute approximate surface area is 182 Å². The van der Waals surface area contributed by atoms with Crippen molar-refractivity contribution in [3.63, 3.8) is 0 Å². The van der Waals surface area contributed by atoms with Gasteiger partial charge in [0.2, 0.25) is 15.9 Å². The highest BCUT2D eigenvalue weighted by atomic mass is 35.5. The van der Waals surface area contributed by atoms with Gasteiger partial charge in [0.15, 0.2) is 0 Å². The Kier molecular flexibility index (Phi) is 6.90. The van der Waals surface area contributed by atoms with Crippen LogP contribution in [-0.4, -0.2) is 45.9 Å². The maximum absolute atomic E-state index is 13.0. The minimum Gasteiger partial charge on any atom is -0.495 e. The van der Waals surface area contributed by atoms with Crippen molar-refractivity contribution in [1.82, 2.24) is 4.31 Å². The zero-order valence-electron chi connectivity index (χ0n) is 17.1. The maximum Gasteiger partial charge on any atom is 0.243 e. The molecule has 0 radical (unpaired) electrons. The van der Waals surface area contributed by atoms with Crippen LogP contribution in [0.2, 0.25) is 5.02 Å². The number of carbonyl (C=O) groups excluding carboxylic acids is 1. The highest BCUT2D eigenvalue weighted by molar-refractivity contribution is 7.89. The first-order chi connectivity index (χ1) is 14.3. The number of hydrogen-bond donors (Lipinski definition) is 1. The van der Waals surface area contributed by atoms with Gasteiger partial charge in [-0.25, -0.2) is 8.42 Å². The number of nitrogens with one attached hydrogen (secondary N) is 1. The van der Waals surface area contributed by atoms with Crippen molar-refractivity contribution in [1.29, 1.82) is 0 Å². The van der Waals surface area contributed by atoms with E-state index in [1.54, 1.807) is 36.4 Å². The molecule has 1 atom stereocenters. The van der Waals surface area contributed by atoms with Crippen LogP contribution in [0.4, 0.5) is 5.69 Å². The molecule has 1 fully saturated rings. The van der Waals surface area contributed by atoms with Gasteiger partial charge < -0.3 is 14.8 Å². The Hall–Kier alpha value is -2.29. The van der Waals surface area contributed by atoms with E-state index in [-0.39, 0.29) is 17.3 Å². The van der Waals surface area contributed by atoms with Crippen molar-refractivity contribution < 1.29 is 22.7 Å². The number of nitrogens with zero attached hydrogens (tertiary/aromatic N) is 1. The van der Waals surface area contributed by atoms with Crippen LogP contribution in [0.3, 0.4) is 0 Å². The molecule has 1 aliphatic rings. The molecule has 2 aromatic rings. The van der Waals surface area contributed by atoms with E-state index in [1.807, 2.05) is 6.92 Å². The number of rotatable bonds is 6. The summed E-state index contributed by atoms with van der Waals surface area (Å²) in [6.07, 6.45) is 1.20. The molecule has 1 aliphatic heterocycles. The average molecular weight is 453 g/mol. The average Bonchev–Trinajstić information content (AvgIpc) is 2.75. The first-order valence-electron chi connectivity index (χ1n) is 9.55. The van der Waals surface area contributed by atoms with Crippen molar-refractivity contribution in [2.24, 2.45) is 5.92 Å². The van der Waals surface area contributed by atoms with Crippen molar-refractivity contribution in [2.75, 3.05) is 32.6 Å². The van der Waals surface area contributed by atoms with E-state index in [2.05, 4.69) is 5.32 Å². The van der Waals surface area contributed by atoms with Gasteiger partial charge >= 0.3 is 0 Å². The zero-order valence-corrected chi connectivity index (χ0v) is 18.7. The van der Waals surface area contributed by atoms with Crippen LogP contribution in [-0.2, 0) is 14.8 Å². The molecule has 1 N–H and O–H groups in total. The van der Waals surface area contributed by atoms with Crippen LogP contribution in [0, 0.1) is 12.8 Å². The third-order valence-corrected chi connectivity index (χ3v) is 7.32. The quantitative estimate of drug-likeness (QED) is 0.722. The largest absolute Gasteiger partial charge is 0.495 e. The van der Waals surface area contributed by atoms with E-state index in [4.69, 9.17) is 21.1 Å². The van der Waals surface area contributed by atoms with Gasteiger partial charge in [0.25, 0.3) is 0 Å². The number of benzene rings is 2. The maximum atomic E-state index is 13.0. The predicted molar refractivity (Wildman–Crippen MR) is 116 cm³/mol. The molecule has 1 heterocycles. The van der Waals surface area contributed by atoms with Crippen molar-refractivity contribution in [3.8, 4) is 11.5 Å². The van der Waals surface area contributed by atoms with Gasteiger partial charge in [-0.1, -0.05) is 29.3 Å². The first-order valence-corrected chi connectivity index (χ1v) is 11.4. The molecule has 1 amide bonds. The lowest BCUT2D eigenvalue weighted by Gasteiger charge is -2.31. The summed E-state index contributed by atoms with van der Waals surface area (Å²) in [5.41, 5.74) is 1.40. The third kappa shape index (κ3) is 4.71. The van der Waals surface area contributed by atoms with Crippen LogP contribution >= 0.6 is 11.6 Å². The van der Waals surface area contributed by atoms with Gasteiger partial charge in [-0.3, -0.25) is 4.79 Å². The topological polar surface area (TPSA) is 84.9 Å². The first kappa shape index (κ1) is 22.4. The summed E-state index contributed by atoms with van der Waals surface area (Å²) >= 11 is 6.11. The van der Waals surface area contributed by atoms with Gasteiger partial charge in [-0.15, -0.1) is 0 Å². The Morgan fingerprint density at radius 2 is 1.80 bits per heavy atom. The Morgan fingerprint density at radius 3 is 2.43 bits per heavy atom. The molecule has 3 rings (SSSR count). The van der Waals surface area contributed by atoms with Gasteiger partial charge in [0.05, 0.1) is 35.7 Å². The second-order valence-corrected chi connectivity index (χ2v) is 9.54. The van der Waals surface area contributed by atoms with E-state index in [0.29, 0.717) is 41.6 Å². The number of halogens is 1. The number of hydrogen-bond acceptors (Lipinski definition) is 5. The molecule has 0 unspecified atom stereocenters. The van der Waals surface area contributed by atoms with Gasteiger partial charge in [0.1, 0.15) is 11.5 Å². The summed E-state index contributed by atoms with van der Waals surface area (Å²) in [6, 6.07) is 9.87. The molecule has 0 saturated carbocycles. The van der Waals surface area contributed by atoms with Gasteiger partial charge in [-0.05, 0) is 31.9 Å². The second-order valence-electron chi connectivity index (χ2n) is 7.19. The summed E-state index contributed by atoms with van der Waals surface area (Å²) in [5, 5.41) is 3.19. The molecule has 30 heavy (non-hydrogen) atoms. The summed E-state index contributed by atoms with van der Waals surface area (Å²) in [5.74, 6) is 0.0425. The lowest BCUT2D eigenvalue weighted by Crippen LogP contribution is -2.43. The lowest BCUT2D eigenvalue weighted by molar-refractivity contribution is -0.120. The summed E-state index contributed by atoms with van der Waals surface area (Å²) in [6.45, 7) is 2.41. The van der Waals surface area contributed by atoms with Crippen molar-refractivity contribution in [3.05, 3.63) is 47.0 Å². The fourth-order valence-corrected chi connectivity index (χ4v) is 5.18. The van der Waals surface area contributed by atoms with Gasteiger partial charge in [0, 0.05) is 25.2 Å². The highest BCUT2D eigenvalue weighted by Crippen LogP contribution is 2.36. The third-order valence-electron chi connectivity index (χ3n) is 5.15. The Balaban J connectivity index is 1.77. The van der Waals surface area contributed by atoms with E-state index in [0.717, 1.165) is 5.56 Å². The standard InChI is InChI=1S/C21H25ClN2O5S/c1-14-6-8-16(9-7-14)30(26,27)24-10-4-5-15(13-24)21(25)23-18-12-19(28-2)17(22)11-20(18)29-3/h6-9,11-12,15H,4-5,10,13H2,1-3H3,(H,23,25)/t15-/m1/s1. The molecule has 0 spiro atoms. The minimum atomic E-state index is -3.66. The normalized spacial score (nSPS) is 17.4. The summed E-state index contributed by atoms with van der Waals surface area (Å²) in [7, 11) is -0.699. The Morgan fingerprint density at radius 1 is 1.13 bits per heavy atom. The molecule has 0 aromatic heterocycles. The smallest absolute Gasteiger partial charge is 0.243 e. The van der Waals surface area contributed by atoms with E-state index < -0.39 is 15.9 Å². The lowest BCUT2D eigenvalue weighted by atomic mass is 9.98. The molecule has 2 aromatic carbocycles. The van der Waals surface area contributed by atoms with Crippen LogP contribution in [0.5, 0.6) is 11.5 Å². The highest BCUT2D eigenvalue weighted by Gasteiger charge is 2.33. The predicted octanol–water partition coefficient (Wildman–Crippen LogP) is 3.71. The number of methoxy groups -OCH3 is 2. The monoisotopic (exact) mass is 452 g/mol. The molecule has 7 nitrogen and oxygen atoms in total. The van der Waals surface area contributed by atoms with E-state index in [9.17, 15) is 13.2 Å². The van der Waals surface area contributed by atoms with Crippen molar-refractivity contribution >= 4 is 33.2 Å². The molecule has 9 heteroatoms. The summed E-state index contributed by atoms with van der Waals surface area (Å²) in [4.78, 5) is 13.1. The van der Waals surface area contributed by atoms with Gasteiger partial charge in [-0.2, -0.15) is 4.31 Å². The molecule has 0 bridgehead atoms. The van der Waals surface area contributed by atoms with Crippen molar-refractivity contribution in [2.45, 2.75) is 24.7 Å². The second kappa shape index (κ2) is 9.24. The van der Waals surface area contributed by atoms with Crippen LogP contribution in [0.15, 0.2) is 41.3 Å². The number of sulfonamides is 1. The molecular weight excluding hydrogens is 428 g/mol. The minimum absolute atomic E-state index is 0.120. The number of anilines is 1. The number of aryl methyl sites for hydroxylation is 1. The van der Waals surface area contributed by atoms with E-state index in [1.165, 1.54) is 18.5 Å². The molecule has 1 saturated heterocycles. The van der Waals surface area contributed by atoms with Crippen LogP contribution < -0.4 is 14.8 Å². The number of ether oxygens (including phenoxy) is 2.